The molecular formula is C23H25F2N5OS. The Morgan fingerprint density at radius 2 is 2.00 bits per heavy atom. The highest BCUT2D eigenvalue weighted by molar-refractivity contribution is 7.21. The second-order valence-electron chi connectivity index (χ2n) is 8.86. The summed E-state index contributed by atoms with van der Waals surface area (Å²) in [4.78, 5) is 24.1. The molecule has 0 spiro atoms. The van der Waals surface area contributed by atoms with Crippen molar-refractivity contribution < 1.29 is 13.6 Å². The quantitative estimate of drug-likeness (QED) is 0.603. The molecule has 9 heteroatoms. The van der Waals surface area contributed by atoms with E-state index in [9.17, 15) is 13.6 Å². The van der Waals surface area contributed by atoms with Crippen LogP contribution in [0.25, 0.3) is 10.3 Å². The van der Waals surface area contributed by atoms with Crippen LogP contribution in [0.4, 0.5) is 20.2 Å². The number of nitrogens with one attached hydrogen (secondary N) is 1. The number of thiophene rings is 1. The summed E-state index contributed by atoms with van der Waals surface area (Å²) < 4.78 is 29.6. The van der Waals surface area contributed by atoms with E-state index in [2.05, 4.69) is 15.3 Å². The molecule has 1 saturated carbocycles. The first-order chi connectivity index (χ1) is 15.4. The Morgan fingerprint density at radius 3 is 2.75 bits per heavy atom. The Bertz CT molecular complexity index is 1180. The minimum absolute atomic E-state index is 0.163. The molecule has 1 amide bonds. The highest BCUT2D eigenvalue weighted by atomic mass is 32.1. The predicted molar refractivity (Wildman–Crippen MR) is 122 cm³/mol. The van der Waals surface area contributed by atoms with Crippen LogP contribution < -0.4 is 16.0 Å². The molecule has 2 bridgehead atoms. The van der Waals surface area contributed by atoms with Crippen molar-refractivity contribution in [2.45, 2.75) is 32.6 Å². The summed E-state index contributed by atoms with van der Waals surface area (Å²) in [5, 5.41) is 2.74. The highest BCUT2D eigenvalue weighted by Crippen LogP contribution is 2.39. The zero-order valence-corrected chi connectivity index (χ0v) is 18.6. The average Bonchev–Trinajstić information content (AvgIpc) is 3.27. The summed E-state index contributed by atoms with van der Waals surface area (Å²) in [6.45, 7) is 3.57. The van der Waals surface area contributed by atoms with Crippen molar-refractivity contribution in [3.8, 4) is 0 Å². The van der Waals surface area contributed by atoms with E-state index >= 15 is 0 Å². The minimum Gasteiger partial charge on any atom is -0.396 e. The fourth-order valence-electron chi connectivity index (χ4n) is 4.95. The van der Waals surface area contributed by atoms with Crippen LogP contribution in [0.5, 0.6) is 0 Å². The lowest BCUT2D eigenvalue weighted by Gasteiger charge is -2.34. The molecule has 2 aromatic heterocycles. The van der Waals surface area contributed by atoms with E-state index in [0.717, 1.165) is 18.8 Å². The maximum Gasteiger partial charge on any atom is 0.263 e. The average molecular weight is 458 g/mol. The highest BCUT2D eigenvalue weighted by Gasteiger charge is 2.34. The SMILES string of the molecule is Cc1cnc2c(N)c(C(=O)NCCc3cc(F)c(N4CC5CCC(C5)C4)cc3F)sc2n1. The monoisotopic (exact) mass is 457 g/mol. The van der Waals surface area contributed by atoms with Gasteiger partial charge in [0.05, 0.1) is 17.1 Å². The lowest BCUT2D eigenvalue weighted by atomic mass is 9.98. The number of rotatable bonds is 5. The zero-order valence-electron chi connectivity index (χ0n) is 17.8. The summed E-state index contributed by atoms with van der Waals surface area (Å²) >= 11 is 1.17. The second kappa shape index (κ2) is 8.27. The van der Waals surface area contributed by atoms with Gasteiger partial charge in [0, 0.05) is 31.9 Å². The van der Waals surface area contributed by atoms with Gasteiger partial charge in [-0.1, -0.05) is 0 Å². The number of anilines is 2. The van der Waals surface area contributed by atoms with Crippen LogP contribution >= 0.6 is 11.3 Å². The van der Waals surface area contributed by atoms with Crippen LogP contribution in [-0.2, 0) is 6.42 Å². The largest absolute Gasteiger partial charge is 0.396 e. The molecule has 3 N–H and O–H groups in total. The summed E-state index contributed by atoms with van der Waals surface area (Å²) in [5.41, 5.74) is 8.18. The normalized spacial score (nSPS) is 20.2. The van der Waals surface area contributed by atoms with Crippen molar-refractivity contribution in [2.24, 2.45) is 11.8 Å². The Labute approximate surface area is 188 Å². The molecule has 3 aromatic rings. The van der Waals surface area contributed by atoms with Crippen molar-refractivity contribution in [1.29, 1.82) is 0 Å². The van der Waals surface area contributed by atoms with Crippen LogP contribution in [-0.4, -0.2) is 35.5 Å². The van der Waals surface area contributed by atoms with Crippen LogP contribution in [0.2, 0.25) is 0 Å². The van der Waals surface area contributed by atoms with Crippen molar-refractivity contribution >= 4 is 39.0 Å². The molecule has 0 radical (unpaired) electrons. The molecule has 6 nitrogen and oxygen atoms in total. The molecule has 2 fully saturated rings. The number of carbonyl (C=O) groups is 1. The fourth-order valence-corrected chi connectivity index (χ4v) is 5.96. The molecule has 5 rings (SSSR count). The number of aryl methyl sites for hydroxylation is 1. The first-order valence-electron chi connectivity index (χ1n) is 10.9. The van der Waals surface area contributed by atoms with Gasteiger partial charge < -0.3 is 16.0 Å². The summed E-state index contributed by atoms with van der Waals surface area (Å²) in [5.74, 6) is -0.0520. The van der Waals surface area contributed by atoms with Crippen molar-refractivity contribution in [3.63, 3.8) is 0 Å². The van der Waals surface area contributed by atoms with Crippen molar-refractivity contribution in [3.05, 3.63) is 46.1 Å². The molecule has 1 aliphatic carbocycles. The van der Waals surface area contributed by atoms with Gasteiger partial charge in [0.2, 0.25) is 0 Å². The number of fused-ring (bicyclic) bond motifs is 3. The Morgan fingerprint density at radius 1 is 1.25 bits per heavy atom. The Kier molecular flexibility index (Phi) is 5.44. The van der Waals surface area contributed by atoms with Gasteiger partial charge in [0.1, 0.15) is 26.9 Å². The number of hydrogen-bond donors (Lipinski definition) is 2. The molecule has 2 unspecified atom stereocenters. The number of nitrogens with zero attached hydrogens (tertiary/aromatic N) is 3. The minimum atomic E-state index is -0.446. The topological polar surface area (TPSA) is 84.1 Å². The van der Waals surface area contributed by atoms with Gasteiger partial charge in [-0.05, 0) is 56.1 Å². The lowest BCUT2D eigenvalue weighted by molar-refractivity contribution is 0.0959. The third-order valence-corrected chi connectivity index (χ3v) is 7.60. The molecule has 32 heavy (non-hydrogen) atoms. The van der Waals surface area contributed by atoms with Crippen molar-refractivity contribution in [1.82, 2.24) is 15.3 Å². The maximum atomic E-state index is 14.8. The van der Waals surface area contributed by atoms with Crippen LogP contribution in [0, 0.1) is 30.4 Å². The predicted octanol–water partition coefficient (Wildman–Crippen LogP) is 4.07. The molecule has 168 valence electrons. The molecule has 3 heterocycles. The number of benzene rings is 1. The number of aromatic nitrogens is 2. The molecule has 1 aliphatic heterocycles. The van der Waals surface area contributed by atoms with E-state index in [0.29, 0.717) is 32.7 Å². The van der Waals surface area contributed by atoms with E-state index in [1.54, 1.807) is 6.20 Å². The summed E-state index contributed by atoms with van der Waals surface area (Å²) in [6, 6.07) is 2.57. The number of piperidine rings is 1. The summed E-state index contributed by atoms with van der Waals surface area (Å²) in [7, 11) is 0. The van der Waals surface area contributed by atoms with E-state index < -0.39 is 11.6 Å². The van der Waals surface area contributed by atoms with Gasteiger partial charge in [0.15, 0.2) is 0 Å². The fraction of sp³-hybridized carbons (Fsp3) is 0.435. The van der Waals surface area contributed by atoms with Gasteiger partial charge in [-0.25, -0.2) is 18.7 Å². The van der Waals surface area contributed by atoms with Gasteiger partial charge >= 0.3 is 0 Å². The maximum absolute atomic E-state index is 14.8. The van der Waals surface area contributed by atoms with Crippen LogP contribution in [0.1, 0.15) is 40.2 Å². The van der Waals surface area contributed by atoms with Gasteiger partial charge in [0.25, 0.3) is 5.91 Å². The molecular weight excluding hydrogens is 432 g/mol. The first-order valence-corrected chi connectivity index (χ1v) is 11.7. The number of halogens is 2. The van der Waals surface area contributed by atoms with Crippen LogP contribution in [0.15, 0.2) is 18.3 Å². The molecule has 2 atom stereocenters. The molecule has 1 saturated heterocycles. The van der Waals surface area contributed by atoms with Gasteiger partial charge in [-0.3, -0.25) is 4.79 Å². The number of nitrogen functional groups attached to an aromatic ring is 1. The van der Waals surface area contributed by atoms with Gasteiger partial charge in [-0.15, -0.1) is 11.3 Å². The van der Waals surface area contributed by atoms with E-state index in [4.69, 9.17) is 5.73 Å². The molecule has 1 aromatic carbocycles. The van der Waals surface area contributed by atoms with E-state index in [-0.39, 0.29) is 30.1 Å². The zero-order chi connectivity index (χ0) is 22.4. The van der Waals surface area contributed by atoms with Crippen molar-refractivity contribution in [2.75, 3.05) is 30.3 Å². The third-order valence-electron chi connectivity index (χ3n) is 6.51. The van der Waals surface area contributed by atoms with Gasteiger partial charge in [-0.2, -0.15) is 0 Å². The Hall–Kier alpha value is -2.81. The molecule has 2 aliphatic rings. The smallest absolute Gasteiger partial charge is 0.263 e. The summed E-state index contributed by atoms with van der Waals surface area (Å²) in [6.07, 6.45) is 5.34. The number of amides is 1. The van der Waals surface area contributed by atoms with E-state index in [1.807, 2.05) is 11.8 Å². The lowest BCUT2D eigenvalue weighted by Crippen LogP contribution is -2.37. The standard InChI is InChI=1S/C23H25F2N5OS/c1-12-9-28-20-19(26)21(32-23(20)29-12)22(31)27-5-4-15-7-17(25)18(8-16(15)24)30-10-13-2-3-14(6-13)11-30/h7-9,13-14H,2-6,10-11,26H2,1H3,(H,27,31). The number of nitrogens with two attached hydrogens (primary N) is 1. The van der Waals surface area contributed by atoms with Crippen LogP contribution in [0.3, 0.4) is 0 Å². The first kappa shape index (κ1) is 21.1. The second-order valence-corrected chi connectivity index (χ2v) is 9.86. The Balaban J connectivity index is 1.25. The van der Waals surface area contributed by atoms with E-state index in [1.165, 1.54) is 42.7 Å². The number of carbonyl (C=O) groups excluding carboxylic acids is 1. The third kappa shape index (κ3) is 3.90. The number of hydrogen-bond acceptors (Lipinski definition) is 6.